The van der Waals surface area contributed by atoms with Crippen molar-refractivity contribution in [2.45, 2.75) is 12.0 Å². The molecule has 0 spiro atoms. The van der Waals surface area contributed by atoms with Crippen LogP contribution in [0.5, 0.6) is 0 Å². The van der Waals surface area contributed by atoms with E-state index in [1.807, 2.05) is 0 Å². The normalized spacial score (nSPS) is 30.3. The molecule has 64 valence electrons. The zero-order valence-corrected chi connectivity index (χ0v) is 6.17. The Bertz CT molecular complexity index is 154. The van der Waals surface area contributed by atoms with Gasteiger partial charge in [-0.2, -0.15) is 0 Å². The third kappa shape index (κ3) is 2.36. The first-order valence-corrected chi connectivity index (χ1v) is 3.48. The largest absolute Gasteiger partial charge is 0.447 e. The minimum absolute atomic E-state index is 0.0185. The molecule has 11 heavy (non-hydrogen) atoms. The molecule has 1 heterocycles. The molecule has 0 saturated carbocycles. The first-order valence-electron chi connectivity index (χ1n) is 3.48. The zero-order valence-electron chi connectivity index (χ0n) is 6.17. The van der Waals surface area contributed by atoms with Gasteiger partial charge in [-0.1, -0.05) is 0 Å². The Morgan fingerprint density at radius 2 is 2.55 bits per heavy atom. The van der Waals surface area contributed by atoms with Crippen LogP contribution in [0.1, 0.15) is 6.42 Å². The summed E-state index contributed by atoms with van der Waals surface area (Å²) in [5, 5.41) is 12.5. The van der Waals surface area contributed by atoms with Crippen molar-refractivity contribution in [1.29, 1.82) is 0 Å². The molecule has 0 bridgehead atoms. The predicted octanol–water partition coefficient (Wildman–Crippen LogP) is -1.19. The number of primary amides is 1. The lowest BCUT2D eigenvalue weighted by Gasteiger charge is -2.19. The molecule has 0 aromatic carbocycles. The molecule has 0 aromatic rings. The molecule has 1 unspecified atom stereocenters. The highest BCUT2D eigenvalue weighted by molar-refractivity contribution is 5.64. The van der Waals surface area contributed by atoms with Crippen molar-refractivity contribution < 1.29 is 14.6 Å². The van der Waals surface area contributed by atoms with Gasteiger partial charge < -0.3 is 20.9 Å². The number of amides is 1. The summed E-state index contributed by atoms with van der Waals surface area (Å²) in [7, 11) is 0. The van der Waals surface area contributed by atoms with Gasteiger partial charge in [0.1, 0.15) is 12.2 Å². The van der Waals surface area contributed by atoms with Crippen LogP contribution in [0.3, 0.4) is 0 Å². The van der Waals surface area contributed by atoms with Gasteiger partial charge in [-0.15, -0.1) is 0 Å². The molecule has 0 aromatic heterocycles. The highest BCUT2D eigenvalue weighted by Gasteiger charge is 2.32. The van der Waals surface area contributed by atoms with Crippen molar-refractivity contribution in [2.24, 2.45) is 5.73 Å². The quantitative estimate of drug-likeness (QED) is 0.474. The fourth-order valence-corrected chi connectivity index (χ4v) is 1.06. The monoisotopic (exact) mass is 160 g/mol. The van der Waals surface area contributed by atoms with E-state index in [4.69, 9.17) is 5.73 Å². The van der Waals surface area contributed by atoms with Gasteiger partial charge in [-0.3, -0.25) is 0 Å². The van der Waals surface area contributed by atoms with Gasteiger partial charge in [-0.05, 0) is 13.0 Å². The lowest BCUT2D eigenvalue weighted by Crippen LogP contribution is -2.38. The first-order chi connectivity index (χ1) is 5.12. The minimum Gasteiger partial charge on any atom is -0.447 e. The van der Waals surface area contributed by atoms with Crippen LogP contribution in [0.4, 0.5) is 4.79 Å². The van der Waals surface area contributed by atoms with Gasteiger partial charge in [0, 0.05) is 6.54 Å². The molecule has 1 saturated heterocycles. The van der Waals surface area contributed by atoms with Gasteiger partial charge in [-0.25, -0.2) is 4.79 Å². The molecule has 4 N–H and O–H groups in total. The van der Waals surface area contributed by atoms with Crippen molar-refractivity contribution in [1.82, 2.24) is 5.32 Å². The third-order valence-electron chi connectivity index (χ3n) is 1.70. The number of hydrogen-bond acceptors (Lipinski definition) is 4. The minimum atomic E-state index is -0.908. The zero-order chi connectivity index (χ0) is 8.32. The van der Waals surface area contributed by atoms with Crippen LogP contribution in [0, 0.1) is 0 Å². The maximum Gasteiger partial charge on any atom is 0.404 e. The molecule has 1 amide bonds. The first kappa shape index (κ1) is 8.29. The van der Waals surface area contributed by atoms with E-state index >= 15 is 0 Å². The lowest BCUT2D eigenvalue weighted by atomic mass is 10.1. The average Bonchev–Trinajstić information content (AvgIpc) is 2.33. The van der Waals surface area contributed by atoms with Gasteiger partial charge in [0.15, 0.2) is 0 Å². The second-order valence-electron chi connectivity index (χ2n) is 2.76. The van der Waals surface area contributed by atoms with Crippen molar-refractivity contribution in [3.63, 3.8) is 0 Å². The second kappa shape index (κ2) is 3.06. The Morgan fingerprint density at radius 1 is 1.82 bits per heavy atom. The summed E-state index contributed by atoms with van der Waals surface area (Å²) in [5.74, 6) is 0. The molecule has 1 rings (SSSR count). The Balaban J connectivity index is 2.28. The summed E-state index contributed by atoms with van der Waals surface area (Å²) in [6.07, 6.45) is -0.245. The average molecular weight is 160 g/mol. The van der Waals surface area contributed by atoms with Crippen LogP contribution < -0.4 is 11.1 Å². The maximum atomic E-state index is 10.2. The van der Waals surface area contributed by atoms with Crippen LogP contribution in [-0.4, -0.2) is 36.5 Å². The molecule has 5 heteroatoms. The number of nitrogens with one attached hydrogen (secondary N) is 1. The molecule has 5 nitrogen and oxygen atoms in total. The van der Waals surface area contributed by atoms with Crippen LogP contribution in [0.15, 0.2) is 0 Å². The Morgan fingerprint density at radius 3 is 3.00 bits per heavy atom. The van der Waals surface area contributed by atoms with E-state index in [0.717, 1.165) is 6.54 Å². The van der Waals surface area contributed by atoms with E-state index in [0.29, 0.717) is 13.0 Å². The SMILES string of the molecule is NC(=O)OCC1(O)CCNC1. The number of aliphatic hydroxyl groups is 1. The van der Waals surface area contributed by atoms with E-state index in [9.17, 15) is 9.90 Å². The predicted molar refractivity (Wildman–Crippen MR) is 38.0 cm³/mol. The van der Waals surface area contributed by atoms with E-state index in [-0.39, 0.29) is 6.61 Å². The summed E-state index contributed by atoms with van der Waals surface area (Å²) >= 11 is 0. The van der Waals surface area contributed by atoms with Crippen LogP contribution in [0.2, 0.25) is 0 Å². The molecule has 1 atom stereocenters. The smallest absolute Gasteiger partial charge is 0.404 e. The third-order valence-corrected chi connectivity index (χ3v) is 1.70. The maximum absolute atomic E-state index is 10.2. The molecular formula is C6H12N2O3. The fourth-order valence-electron chi connectivity index (χ4n) is 1.06. The van der Waals surface area contributed by atoms with Crippen LogP contribution >= 0.6 is 0 Å². The second-order valence-corrected chi connectivity index (χ2v) is 2.76. The number of carbonyl (C=O) groups is 1. The lowest BCUT2D eigenvalue weighted by molar-refractivity contribution is -0.00387. The Hall–Kier alpha value is -0.810. The number of rotatable bonds is 2. The van der Waals surface area contributed by atoms with E-state index in [2.05, 4.69) is 10.1 Å². The summed E-state index contributed by atoms with van der Waals surface area (Å²) in [4.78, 5) is 10.2. The Kier molecular flexibility index (Phi) is 2.31. The van der Waals surface area contributed by atoms with E-state index < -0.39 is 11.7 Å². The molecule has 1 aliphatic rings. The highest BCUT2D eigenvalue weighted by atomic mass is 16.6. The number of hydrogen-bond donors (Lipinski definition) is 3. The fraction of sp³-hybridized carbons (Fsp3) is 0.833. The van der Waals surface area contributed by atoms with Gasteiger partial charge >= 0.3 is 6.09 Å². The summed E-state index contributed by atoms with van der Waals surface area (Å²) in [6.45, 7) is 1.19. The summed E-state index contributed by atoms with van der Waals surface area (Å²) < 4.78 is 4.48. The van der Waals surface area contributed by atoms with Crippen molar-refractivity contribution in [2.75, 3.05) is 19.7 Å². The molecule has 1 fully saturated rings. The van der Waals surface area contributed by atoms with Crippen molar-refractivity contribution in [3.8, 4) is 0 Å². The van der Waals surface area contributed by atoms with E-state index in [1.54, 1.807) is 0 Å². The Labute approximate surface area is 64.5 Å². The van der Waals surface area contributed by atoms with Crippen molar-refractivity contribution in [3.05, 3.63) is 0 Å². The van der Waals surface area contributed by atoms with Gasteiger partial charge in [0.05, 0.1) is 0 Å². The highest BCUT2D eigenvalue weighted by Crippen LogP contribution is 2.13. The van der Waals surface area contributed by atoms with Crippen LogP contribution in [-0.2, 0) is 4.74 Å². The van der Waals surface area contributed by atoms with Gasteiger partial charge in [0.25, 0.3) is 0 Å². The molecule has 0 radical (unpaired) electrons. The molecule has 1 aliphatic heterocycles. The van der Waals surface area contributed by atoms with Crippen LogP contribution in [0.25, 0.3) is 0 Å². The number of nitrogens with two attached hydrogens (primary N) is 1. The summed E-state index contributed by atoms with van der Waals surface area (Å²) in [5.41, 5.74) is 3.83. The molecule has 0 aliphatic carbocycles. The number of carbonyl (C=O) groups excluding carboxylic acids is 1. The summed E-state index contributed by atoms with van der Waals surface area (Å²) in [6, 6.07) is 0. The number of β-amino-alcohol motifs (C(OH)–C–C–N with tert-alkyl or cyclic N) is 1. The standard InChI is InChI=1S/C6H12N2O3/c7-5(9)11-4-6(10)1-2-8-3-6/h8,10H,1-4H2,(H2,7,9). The topological polar surface area (TPSA) is 84.6 Å². The van der Waals surface area contributed by atoms with E-state index in [1.165, 1.54) is 0 Å². The molecular weight excluding hydrogens is 148 g/mol. The number of ether oxygens (including phenoxy) is 1. The van der Waals surface area contributed by atoms with Gasteiger partial charge in [0.2, 0.25) is 0 Å². The van der Waals surface area contributed by atoms with Crippen molar-refractivity contribution >= 4 is 6.09 Å².